The van der Waals surface area contributed by atoms with Gasteiger partial charge in [0.2, 0.25) is 0 Å². The topological polar surface area (TPSA) is 83.8 Å². The molecule has 164 valence electrons. The number of aromatic nitrogens is 2. The highest BCUT2D eigenvalue weighted by molar-refractivity contribution is 6.00. The van der Waals surface area contributed by atoms with Gasteiger partial charge in [-0.25, -0.2) is 4.68 Å². The van der Waals surface area contributed by atoms with Crippen LogP contribution in [0.25, 0.3) is 16.9 Å². The van der Waals surface area contributed by atoms with Gasteiger partial charge in [0.05, 0.1) is 45.3 Å². The van der Waals surface area contributed by atoms with E-state index in [-0.39, 0.29) is 5.91 Å². The monoisotopic (exact) mass is 425 g/mol. The molecule has 0 bridgehead atoms. The fourth-order valence-electron chi connectivity index (χ4n) is 3.02. The second kappa shape index (κ2) is 11.1. The lowest BCUT2D eigenvalue weighted by Gasteiger charge is -2.10. The number of carbonyl (C=O) groups is 1. The van der Waals surface area contributed by atoms with Crippen molar-refractivity contribution in [3.05, 3.63) is 60.3 Å². The lowest BCUT2D eigenvalue weighted by atomic mass is 10.1. The zero-order chi connectivity index (χ0) is 22.1. The molecule has 0 aliphatic rings. The maximum atomic E-state index is 13.0. The zero-order valence-corrected chi connectivity index (χ0v) is 18.0. The van der Waals surface area contributed by atoms with Gasteiger partial charge < -0.3 is 24.3 Å². The molecule has 0 unspecified atom stereocenters. The molecule has 3 aromatic rings. The Bertz CT molecular complexity index is 988. The number of nitrogens with zero attached hydrogens (tertiary/aromatic N) is 2. The molecule has 0 atom stereocenters. The molecule has 1 N–H and O–H groups in total. The minimum atomic E-state index is -0.245. The SMILES string of the molecule is COCCOCCNC(=O)c1cn(-c2ccccc2)nc1-c1ccc(OC)cc1OC. The third-order valence-corrected chi connectivity index (χ3v) is 4.61. The molecular formula is C23H27N3O5. The quantitative estimate of drug-likeness (QED) is 0.476. The first-order valence-corrected chi connectivity index (χ1v) is 9.90. The summed E-state index contributed by atoms with van der Waals surface area (Å²) in [7, 11) is 4.78. The van der Waals surface area contributed by atoms with E-state index in [1.54, 1.807) is 38.3 Å². The second-order valence-electron chi connectivity index (χ2n) is 6.60. The van der Waals surface area contributed by atoms with Crippen molar-refractivity contribution in [1.29, 1.82) is 0 Å². The van der Waals surface area contributed by atoms with E-state index in [0.29, 0.717) is 54.7 Å². The van der Waals surface area contributed by atoms with Crippen molar-refractivity contribution in [3.63, 3.8) is 0 Å². The predicted octanol–water partition coefficient (Wildman–Crippen LogP) is 2.95. The van der Waals surface area contributed by atoms with Crippen LogP contribution in [0.3, 0.4) is 0 Å². The van der Waals surface area contributed by atoms with Crippen molar-refractivity contribution in [3.8, 4) is 28.4 Å². The molecule has 0 aliphatic carbocycles. The van der Waals surface area contributed by atoms with Crippen molar-refractivity contribution in [2.24, 2.45) is 0 Å². The van der Waals surface area contributed by atoms with Gasteiger partial charge in [0.1, 0.15) is 17.2 Å². The molecule has 0 spiro atoms. The highest BCUT2D eigenvalue weighted by Gasteiger charge is 2.21. The maximum absolute atomic E-state index is 13.0. The van der Waals surface area contributed by atoms with Gasteiger partial charge in [-0.2, -0.15) is 5.10 Å². The highest BCUT2D eigenvalue weighted by atomic mass is 16.5. The molecule has 0 saturated carbocycles. The van der Waals surface area contributed by atoms with Crippen LogP contribution in [0.4, 0.5) is 0 Å². The molecule has 2 aromatic carbocycles. The molecule has 8 nitrogen and oxygen atoms in total. The number of ether oxygens (including phenoxy) is 4. The van der Waals surface area contributed by atoms with E-state index in [2.05, 4.69) is 5.32 Å². The highest BCUT2D eigenvalue weighted by Crippen LogP contribution is 2.34. The molecule has 3 rings (SSSR count). The number of carbonyl (C=O) groups excluding carboxylic acids is 1. The summed E-state index contributed by atoms with van der Waals surface area (Å²) in [6, 6.07) is 15.0. The van der Waals surface area contributed by atoms with Crippen molar-refractivity contribution in [2.45, 2.75) is 0 Å². The average molecular weight is 425 g/mol. The summed E-state index contributed by atoms with van der Waals surface area (Å²) in [6.45, 7) is 1.76. The Hall–Kier alpha value is -3.36. The van der Waals surface area contributed by atoms with E-state index in [0.717, 1.165) is 5.69 Å². The Kier molecular flexibility index (Phi) is 8.03. The number of rotatable bonds is 11. The predicted molar refractivity (Wildman–Crippen MR) is 117 cm³/mol. The third kappa shape index (κ3) is 5.62. The Morgan fingerprint density at radius 1 is 1.00 bits per heavy atom. The fourth-order valence-corrected chi connectivity index (χ4v) is 3.02. The summed E-state index contributed by atoms with van der Waals surface area (Å²) in [4.78, 5) is 13.0. The second-order valence-corrected chi connectivity index (χ2v) is 6.60. The van der Waals surface area contributed by atoms with E-state index in [1.165, 1.54) is 0 Å². The van der Waals surface area contributed by atoms with Gasteiger partial charge in [0.25, 0.3) is 5.91 Å². The van der Waals surface area contributed by atoms with Crippen molar-refractivity contribution in [2.75, 3.05) is 47.7 Å². The summed E-state index contributed by atoms with van der Waals surface area (Å²) >= 11 is 0. The number of amides is 1. The van der Waals surface area contributed by atoms with Crippen LogP contribution in [0, 0.1) is 0 Å². The first kappa shape index (κ1) is 22.3. The Morgan fingerprint density at radius 3 is 2.52 bits per heavy atom. The van der Waals surface area contributed by atoms with E-state index >= 15 is 0 Å². The molecule has 31 heavy (non-hydrogen) atoms. The standard InChI is InChI=1S/C23H27N3O5/c1-28-13-14-31-12-11-24-23(27)20-16-26(17-7-5-4-6-8-17)25-22(20)19-10-9-18(29-2)15-21(19)30-3/h4-10,15-16H,11-14H2,1-3H3,(H,24,27). The Morgan fingerprint density at radius 2 is 1.81 bits per heavy atom. The van der Waals surface area contributed by atoms with Gasteiger partial charge in [-0.1, -0.05) is 18.2 Å². The zero-order valence-electron chi connectivity index (χ0n) is 18.0. The lowest BCUT2D eigenvalue weighted by Crippen LogP contribution is -2.27. The van der Waals surface area contributed by atoms with Crippen LogP contribution >= 0.6 is 0 Å². The van der Waals surface area contributed by atoms with E-state index < -0.39 is 0 Å². The van der Waals surface area contributed by atoms with Gasteiger partial charge in [-0.15, -0.1) is 0 Å². The largest absolute Gasteiger partial charge is 0.497 e. The Balaban J connectivity index is 1.90. The molecule has 0 radical (unpaired) electrons. The summed E-state index contributed by atoms with van der Waals surface area (Å²) < 4.78 is 22.9. The van der Waals surface area contributed by atoms with Gasteiger partial charge in [0, 0.05) is 31.5 Å². The molecule has 1 amide bonds. The molecular weight excluding hydrogens is 398 g/mol. The smallest absolute Gasteiger partial charge is 0.255 e. The van der Waals surface area contributed by atoms with Crippen LogP contribution in [0.15, 0.2) is 54.7 Å². The summed E-state index contributed by atoms with van der Waals surface area (Å²) in [5.41, 5.74) is 2.49. The summed E-state index contributed by atoms with van der Waals surface area (Å²) in [5, 5.41) is 7.58. The minimum absolute atomic E-state index is 0.245. The number of nitrogens with one attached hydrogen (secondary N) is 1. The summed E-state index contributed by atoms with van der Waals surface area (Å²) in [6.07, 6.45) is 1.72. The molecule has 0 saturated heterocycles. The van der Waals surface area contributed by atoms with Gasteiger partial charge >= 0.3 is 0 Å². The van der Waals surface area contributed by atoms with Gasteiger partial charge in [-0.05, 0) is 24.3 Å². The van der Waals surface area contributed by atoms with E-state index in [1.807, 2.05) is 42.5 Å². The van der Waals surface area contributed by atoms with Crippen LogP contribution < -0.4 is 14.8 Å². The molecule has 1 aromatic heterocycles. The van der Waals surface area contributed by atoms with Crippen molar-refractivity contribution < 1.29 is 23.7 Å². The maximum Gasteiger partial charge on any atom is 0.255 e. The van der Waals surface area contributed by atoms with Crippen LogP contribution in [0.5, 0.6) is 11.5 Å². The average Bonchev–Trinajstić information content (AvgIpc) is 3.26. The first-order valence-electron chi connectivity index (χ1n) is 9.90. The fraction of sp³-hybridized carbons (Fsp3) is 0.304. The normalized spacial score (nSPS) is 10.7. The molecule has 0 aliphatic heterocycles. The number of hydrogen-bond donors (Lipinski definition) is 1. The molecule has 1 heterocycles. The summed E-state index contributed by atoms with van der Waals surface area (Å²) in [5.74, 6) is 0.974. The van der Waals surface area contributed by atoms with E-state index in [9.17, 15) is 4.79 Å². The van der Waals surface area contributed by atoms with Crippen LogP contribution in [-0.4, -0.2) is 63.4 Å². The number of methoxy groups -OCH3 is 3. The van der Waals surface area contributed by atoms with E-state index in [4.69, 9.17) is 24.0 Å². The van der Waals surface area contributed by atoms with Crippen LogP contribution in [-0.2, 0) is 9.47 Å². The lowest BCUT2D eigenvalue weighted by molar-refractivity contribution is 0.0693. The van der Waals surface area contributed by atoms with Crippen LogP contribution in [0.1, 0.15) is 10.4 Å². The minimum Gasteiger partial charge on any atom is -0.497 e. The Labute approximate surface area is 181 Å². The van der Waals surface area contributed by atoms with Crippen LogP contribution in [0.2, 0.25) is 0 Å². The van der Waals surface area contributed by atoms with Crippen molar-refractivity contribution >= 4 is 5.91 Å². The molecule has 0 fully saturated rings. The number of benzene rings is 2. The van der Waals surface area contributed by atoms with Gasteiger partial charge in [0.15, 0.2) is 0 Å². The number of para-hydroxylation sites is 1. The third-order valence-electron chi connectivity index (χ3n) is 4.61. The van der Waals surface area contributed by atoms with Crippen molar-refractivity contribution in [1.82, 2.24) is 15.1 Å². The number of hydrogen-bond acceptors (Lipinski definition) is 6. The molecule has 8 heteroatoms. The van der Waals surface area contributed by atoms with Gasteiger partial charge in [-0.3, -0.25) is 4.79 Å². The first-order chi connectivity index (χ1) is 15.2.